The van der Waals surface area contributed by atoms with Crippen LogP contribution in [-0.2, 0) is 0 Å². The molecule has 1 unspecified atom stereocenters. The fourth-order valence-corrected chi connectivity index (χ4v) is 3.30. The van der Waals surface area contributed by atoms with Crippen LogP contribution in [-0.4, -0.2) is 12.0 Å². The summed E-state index contributed by atoms with van der Waals surface area (Å²) in [4.78, 5) is 14.9. The van der Waals surface area contributed by atoms with Gasteiger partial charge in [0.15, 0.2) is 5.58 Å². The van der Waals surface area contributed by atoms with Crippen molar-refractivity contribution in [2.75, 3.05) is 7.05 Å². The Morgan fingerprint density at radius 3 is 2.89 bits per heavy atom. The van der Waals surface area contributed by atoms with E-state index >= 15 is 0 Å². The van der Waals surface area contributed by atoms with Crippen molar-refractivity contribution in [2.24, 2.45) is 0 Å². The van der Waals surface area contributed by atoms with E-state index in [1.54, 1.807) is 0 Å². The topological polar surface area (TPSA) is 58.0 Å². The highest BCUT2D eigenvalue weighted by Crippen LogP contribution is 2.31. The molecule has 0 radical (unpaired) electrons. The van der Waals surface area contributed by atoms with Gasteiger partial charge in [0.2, 0.25) is 0 Å². The van der Waals surface area contributed by atoms with Gasteiger partial charge in [-0.15, -0.1) is 11.3 Å². The molecule has 1 atom stereocenters. The summed E-state index contributed by atoms with van der Waals surface area (Å²) in [5.41, 5.74) is 2.29. The number of halogens is 1. The lowest BCUT2D eigenvalue weighted by atomic mass is 10.1. The number of nitrogens with one attached hydrogen (secondary N) is 2. The van der Waals surface area contributed by atoms with E-state index in [2.05, 4.69) is 10.3 Å². The third-order valence-electron chi connectivity index (χ3n) is 2.95. The van der Waals surface area contributed by atoms with Gasteiger partial charge in [-0.05, 0) is 36.9 Å². The molecule has 0 amide bonds. The zero-order chi connectivity index (χ0) is 13.4. The zero-order valence-electron chi connectivity index (χ0n) is 10.1. The summed E-state index contributed by atoms with van der Waals surface area (Å²) in [6.45, 7) is 0. The number of hydrogen-bond donors (Lipinski definition) is 2. The smallest absolute Gasteiger partial charge is 0.408 e. The number of benzene rings is 1. The van der Waals surface area contributed by atoms with Crippen molar-refractivity contribution in [3.8, 4) is 0 Å². The van der Waals surface area contributed by atoms with E-state index in [-0.39, 0.29) is 6.04 Å². The molecular weight excluding hydrogens is 284 g/mol. The Balaban J connectivity index is 2.07. The predicted molar refractivity (Wildman–Crippen MR) is 77.1 cm³/mol. The first-order chi connectivity index (χ1) is 9.17. The summed E-state index contributed by atoms with van der Waals surface area (Å²) in [7, 11) is 1.88. The molecule has 3 rings (SSSR count). The monoisotopic (exact) mass is 294 g/mol. The molecule has 6 heteroatoms. The molecule has 0 spiro atoms. The molecule has 0 aliphatic carbocycles. The van der Waals surface area contributed by atoms with Crippen molar-refractivity contribution in [1.29, 1.82) is 0 Å². The van der Waals surface area contributed by atoms with Crippen LogP contribution in [0.25, 0.3) is 11.1 Å². The largest absolute Gasteiger partial charge is 0.417 e. The lowest BCUT2D eigenvalue weighted by Gasteiger charge is -2.14. The normalized spacial score (nSPS) is 12.9. The van der Waals surface area contributed by atoms with Gasteiger partial charge in [0.1, 0.15) is 0 Å². The highest BCUT2D eigenvalue weighted by atomic mass is 35.5. The van der Waals surface area contributed by atoms with Gasteiger partial charge in [0, 0.05) is 4.88 Å². The first-order valence-corrected chi connectivity index (χ1v) is 6.92. The summed E-state index contributed by atoms with van der Waals surface area (Å²) in [6.07, 6.45) is 0. The van der Waals surface area contributed by atoms with E-state index < -0.39 is 5.76 Å². The average molecular weight is 295 g/mol. The Hall–Kier alpha value is -1.56. The Bertz CT molecular complexity index is 774. The number of H-pyrrole nitrogens is 1. The summed E-state index contributed by atoms with van der Waals surface area (Å²) in [6, 6.07) is 9.56. The fraction of sp³-hybridized carbons (Fsp3) is 0.154. The molecule has 3 aromatic rings. The van der Waals surface area contributed by atoms with Crippen LogP contribution < -0.4 is 11.1 Å². The predicted octanol–water partition coefficient (Wildman–Crippen LogP) is 3.14. The summed E-state index contributed by atoms with van der Waals surface area (Å²) in [5, 5.41) is 3.24. The maximum absolute atomic E-state index is 11.2. The van der Waals surface area contributed by atoms with Crippen molar-refractivity contribution >= 4 is 34.0 Å². The number of fused-ring (bicyclic) bond motifs is 1. The van der Waals surface area contributed by atoms with E-state index in [1.807, 2.05) is 37.4 Å². The molecular formula is C13H11ClN2O2S. The van der Waals surface area contributed by atoms with Gasteiger partial charge in [-0.1, -0.05) is 17.7 Å². The van der Waals surface area contributed by atoms with Crippen LogP contribution in [0.3, 0.4) is 0 Å². The molecule has 98 valence electrons. The molecule has 1 aromatic carbocycles. The fourth-order valence-electron chi connectivity index (χ4n) is 2.10. The molecule has 0 aliphatic rings. The van der Waals surface area contributed by atoms with Crippen LogP contribution in [0.4, 0.5) is 0 Å². The molecule has 0 saturated heterocycles. The van der Waals surface area contributed by atoms with Crippen LogP contribution in [0.1, 0.15) is 16.5 Å². The number of rotatable bonds is 3. The lowest BCUT2D eigenvalue weighted by molar-refractivity contribution is 0.554. The Labute approximate surface area is 118 Å². The summed E-state index contributed by atoms with van der Waals surface area (Å²) < 4.78 is 5.84. The van der Waals surface area contributed by atoms with Crippen molar-refractivity contribution in [2.45, 2.75) is 6.04 Å². The van der Waals surface area contributed by atoms with Crippen molar-refractivity contribution in [1.82, 2.24) is 10.3 Å². The van der Waals surface area contributed by atoms with Gasteiger partial charge in [0.05, 0.1) is 15.9 Å². The lowest BCUT2D eigenvalue weighted by Crippen LogP contribution is -2.16. The number of thiophene rings is 1. The van der Waals surface area contributed by atoms with Crippen LogP contribution in [0.5, 0.6) is 0 Å². The first-order valence-electron chi connectivity index (χ1n) is 5.72. The van der Waals surface area contributed by atoms with Crippen LogP contribution >= 0.6 is 22.9 Å². The van der Waals surface area contributed by atoms with Crippen LogP contribution in [0, 0.1) is 0 Å². The van der Waals surface area contributed by atoms with Crippen LogP contribution in [0.2, 0.25) is 4.34 Å². The van der Waals surface area contributed by atoms with Gasteiger partial charge in [-0.2, -0.15) is 0 Å². The van der Waals surface area contributed by atoms with Crippen LogP contribution in [0.15, 0.2) is 39.5 Å². The van der Waals surface area contributed by atoms with Gasteiger partial charge in [-0.3, -0.25) is 4.98 Å². The van der Waals surface area contributed by atoms with E-state index in [4.69, 9.17) is 16.0 Å². The molecule has 19 heavy (non-hydrogen) atoms. The number of aromatic nitrogens is 1. The number of hydrogen-bond acceptors (Lipinski definition) is 4. The molecule has 0 fully saturated rings. The van der Waals surface area contributed by atoms with E-state index in [0.29, 0.717) is 11.1 Å². The Morgan fingerprint density at radius 2 is 2.21 bits per heavy atom. The second kappa shape index (κ2) is 4.85. The number of oxazole rings is 1. The minimum absolute atomic E-state index is 0.0297. The zero-order valence-corrected chi connectivity index (χ0v) is 11.6. The maximum atomic E-state index is 11.2. The average Bonchev–Trinajstić information content (AvgIpc) is 2.95. The van der Waals surface area contributed by atoms with E-state index in [1.165, 1.54) is 11.3 Å². The Morgan fingerprint density at radius 1 is 1.37 bits per heavy atom. The molecule has 0 aliphatic heterocycles. The third-order valence-corrected chi connectivity index (χ3v) is 4.24. The van der Waals surface area contributed by atoms with Crippen molar-refractivity contribution in [3.05, 3.63) is 55.7 Å². The quantitative estimate of drug-likeness (QED) is 0.780. The SMILES string of the molecule is CNC(c1ccc2[nH]c(=O)oc2c1)c1ccc(Cl)s1. The van der Waals surface area contributed by atoms with Gasteiger partial charge in [0.25, 0.3) is 0 Å². The molecule has 2 heterocycles. The minimum Gasteiger partial charge on any atom is -0.408 e. The highest BCUT2D eigenvalue weighted by Gasteiger charge is 2.15. The second-order valence-electron chi connectivity index (χ2n) is 4.13. The molecule has 0 bridgehead atoms. The second-order valence-corrected chi connectivity index (χ2v) is 5.88. The molecule has 2 N–H and O–H groups in total. The maximum Gasteiger partial charge on any atom is 0.417 e. The molecule has 4 nitrogen and oxygen atoms in total. The Kier molecular flexibility index (Phi) is 3.18. The standard InChI is InChI=1S/C13H11ClN2O2S/c1-15-12(10-4-5-11(14)19-10)7-2-3-8-9(6-7)18-13(17)16-8/h2-6,12,15H,1H3,(H,16,17). The number of aromatic amines is 1. The van der Waals surface area contributed by atoms with Crippen molar-refractivity contribution < 1.29 is 4.42 Å². The van der Waals surface area contributed by atoms with Gasteiger partial charge < -0.3 is 9.73 Å². The van der Waals surface area contributed by atoms with Gasteiger partial charge in [-0.25, -0.2) is 4.79 Å². The summed E-state index contributed by atoms with van der Waals surface area (Å²) >= 11 is 7.50. The highest BCUT2D eigenvalue weighted by molar-refractivity contribution is 7.16. The van der Waals surface area contributed by atoms with E-state index in [9.17, 15) is 4.79 Å². The first kappa shape index (κ1) is 12.5. The molecule has 2 aromatic heterocycles. The minimum atomic E-state index is -0.438. The third kappa shape index (κ3) is 2.32. The molecule has 0 saturated carbocycles. The van der Waals surface area contributed by atoms with Gasteiger partial charge >= 0.3 is 5.76 Å². The summed E-state index contributed by atoms with van der Waals surface area (Å²) in [5.74, 6) is -0.438. The van der Waals surface area contributed by atoms with E-state index in [0.717, 1.165) is 14.8 Å². The van der Waals surface area contributed by atoms with Crippen molar-refractivity contribution in [3.63, 3.8) is 0 Å².